The highest BCUT2D eigenvalue weighted by molar-refractivity contribution is 5.02. The molecule has 0 spiro atoms. The Kier molecular flexibility index (Phi) is 11.4. The molecule has 0 aromatic rings. The van der Waals surface area contributed by atoms with Crippen LogP contribution in [0, 0.1) is 46.3 Å². The van der Waals surface area contributed by atoms with Gasteiger partial charge in [-0.3, -0.25) is 0 Å². The van der Waals surface area contributed by atoms with Crippen molar-refractivity contribution in [1.29, 1.82) is 5.26 Å². The summed E-state index contributed by atoms with van der Waals surface area (Å²) >= 11 is 0. The van der Waals surface area contributed by atoms with Gasteiger partial charge in [0.15, 0.2) is 0 Å². The van der Waals surface area contributed by atoms with Gasteiger partial charge in [-0.1, -0.05) is 84.5 Å². The minimum absolute atomic E-state index is 0.0374. The molecule has 32 heavy (non-hydrogen) atoms. The van der Waals surface area contributed by atoms with Crippen molar-refractivity contribution < 1.29 is 0 Å². The largest absolute Gasteiger partial charge is 0.198 e. The lowest BCUT2D eigenvalue weighted by Crippen LogP contribution is -2.32. The average molecular weight is 442 g/mol. The van der Waals surface area contributed by atoms with Crippen molar-refractivity contribution in [3.8, 4) is 6.07 Å². The van der Waals surface area contributed by atoms with E-state index in [1.165, 1.54) is 128 Å². The fourth-order valence-corrected chi connectivity index (χ4v) is 7.87. The van der Waals surface area contributed by atoms with Crippen molar-refractivity contribution >= 4 is 0 Å². The molecule has 1 heteroatoms. The number of hydrogen-bond donors (Lipinski definition) is 0. The summed E-state index contributed by atoms with van der Waals surface area (Å²) in [7, 11) is 0. The highest BCUT2D eigenvalue weighted by atomic mass is 14.5. The van der Waals surface area contributed by atoms with Gasteiger partial charge in [0.2, 0.25) is 0 Å². The first-order valence-corrected chi connectivity index (χ1v) is 15.1. The molecule has 0 aromatic carbocycles. The molecule has 3 saturated carbocycles. The van der Waals surface area contributed by atoms with Gasteiger partial charge in [0.25, 0.3) is 0 Å². The zero-order chi connectivity index (χ0) is 22.7. The van der Waals surface area contributed by atoms with Crippen molar-refractivity contribution in [1.82, 2.24) is 0 Å². The molecular formula is C31H55N. The van der Waals surface area contributed by atoms with E-state index in [1.54, 1.807) is 12.8 Å². The number of unbranched alkanes of at least 4 members (excludes halogenated alkanes) is 6. The zero-order valence-electron chi connectivity index (χ0n) is 21.9. The molecule has 0 aliphatic heterocycles. The van der Waals surface area contributed by atoms with Gasteiger partial charge in [-0.2, -0.15) is 5.26 Å². The van der Waals surface area contributed by atoms with E-state index in [4.69, 9.17) is 0 Å². The molecule has 0 bridgehead atoms. The lowest BCUT2D eigenvalue weighted by molar-refractivity contribution is 0.0897. The first kappa shape index (κ1) is 26.1. The minimum Gasteiger partial charge on any atom is -0.198 e. The quantitative estimate of drug-likeness (QED) is 0.276. The normalized spacial score (nSPS) is 36.0. The molecule has 1 nitrogen and oxygen atoms in total. The third-order valence-electron chi connectivity index (χ3n) is 10.2. The van der Waals surface area contributed by atoms with E-state index in [0.29, 0.717) is 0 Å². The predicted molar refractivity (Wildman–Crippen MR) is 138 cm³/mol. The van der Waals surface area contributed by atoms with Crippen LogP contribution in [-0.4, -0.2) is 0 Å². The third kappa shape index (κ3) is 7.77. The van der Waals surface area contributed by atoms with Crippen LogP contribution < -0.4 is 0 Å². The van der Waals surface area contributed by atoms with Crippen LogP contribution in [0.5, 0.6) is 0 Å². The second kappa shape index (κ2) is 14.0. The topological polar surface area (TPSA) is 23.8 Å². The Morgan fingerprint density at radius 1 is 0.594 bits per heavy atom. The molecule has 0 saturated heterocycles. The first-order valence-electron chi connectivity index (χ1n) is 15.1. The van der Waals surface area contributed by atoms with E-state index in [-0.39, 0.29) is 5.41 Å². The molecule has 0 aromatic heterocycles. The Morgan fingerprint density at radius 2 is 1.06 bits per heavy atom. The Balaban J connectivity index is 1.33. The summed E-state index contributed by atoms with van der Waals surface area (Å²) in [5.74, 6) is 5.09. The summed E-state index contributed by atoms with van der Waals surface area (Å²) in [6.07, 6.45) is 30.9. The Morgan fingerprint density at radius 3 is 1.59 bits per heavy atom. The summed E-state index contributed by atoms with van der Waals surface area (Å²) in [5, 5.41) is 9.95. The molecule has 0 N–H and O–H groups in total. The maximum atomic E-state index is 9.95. The third-order valence-corrected chi connectivity index (χ3v) is 10.2. The first-order chi connectivity index (χ1) is 15.7. The van der Waals surface area contributed by atoms with Gasteiger partial charge in [-0.25, -0.2) is 0 Å². The van der Waals surface area contributed by atoms with E-state index in [1.807, 2.05) is 0 Å². The van der Waals surface area contributed by atoms with Crippen LogP contribution in [-0.2, 0) is 0 Å². The van der Waals surface area contributed by atoms with Gasteiger partial charge in [-0.05, 0) is 100 Å². The zero-order valence-corrected chi connectivity index (χ0v) is 21.9. The van der Waals surface area contributed by atoms with Gasteiger partial charge < -0.3 is 0 Å². The van der Waals surface area contributed by atoms with Gasteiger partial charge in [0.1, 0.15) is 0 Å². The SMILES string of the molecule is CCCCCCC[C@]1(C#N)CC[C@H](C2CCC([C@H]3CC[C@H](CCCCC)CC3)CC2)CC1. The molecule has 0 amide bonds. The van der Waals surface area contributed by atoms with E-state index in [0.717, 1.165) is 29.6 Å². The van der Waals surface area contributed by atoms with Crippen molar-refractivity contribution in [2.45, 2.75) is 155 Å². The maximum absolute atomic E-state index is 9.95. The van der Waals surface area contributed by atoms with Crippen molar-refractivity contribution in [2.75, 3.05) is 0 Å². The van der Waals surface area contributed by atoms with Gasteiger partial charge in [0, 0.05) is 0 Å². The van der Waals surface area contributed by atoms with Crippen LogP contribution in [0.4, 0.5) is 0 Å². The molecule has 3 rings (SSSR count). The molecule has 0 radical (unpaired) electrons. The van der Waals surface area contributed by atoms with E-state index >= 15 is 0 Å². The van der Waals surface area contributed by atoms with Crippen molar-refractivity contribution in [2.24, 2.45) is 35.0 Å². The van der Waals surface area contributed by atoms with Crippen molar-refractivity contribution in [3.63, 3.8) is 0 Å². The van der Waals surface area contributed by atoms with Crippen molar-refractivity contribution in [3.05, 3.63) is 0 Å². The fourth-order valence-electron chi connectivity index (χ4n) is 7.87. The molecule has 3 fully saturated rings. The van der Waals surface area contributed by atoms with Crippen LogP contribution in [0.3, 0.4) is 0 Å². The molecule has 0 heterocycles. The second-order valence-electron chi connectivity index (χ2n) is 12.3. The monoisotopic (exact) mass is 441 g/mol. The summed E-state index contributed by atoms with van der Waals surface area (Å²) < 4.78 is 0. The van der Waals surface area contributed by atoms with Crippen LogP contribution in [0.25, 0.3) is 0 Å². The summed E-state index contributed by atoms with van der Waals surface area (Å²) in [6, 6.07) is 2.80. The standard InChI is InChI=1S/C31H55N/c1-3-5-7-8-10-22-31(25-32)23-20-30(21-24-31)29-18-16-28(17-19-29)27-14-12-26(13-15-27)11-9-6-4-2/h26-30H,3-24H2,1-2H3/t26-,27-,28?,29?,30-,31-. The number of rotatable bonds is 12. The number of nitrogens with zero attached hydrogens (tertiary/aromatic N) is 1. The van der Waals surface area contributed by atoms with E-state index in [2.05, 4.69) is 19.9 Å². The lowest BCUT2D eigenvalue weighted by Gasteiger charge is -2.43. The fraction of sp³-hybridized carbons (Fsp3) is 0.968. The number of nitriles is 1. The molecular weight excluding hydrogens is 386 g/mol. The maximum Gasteiger partial charge on any atom is 0.0689 e. The summed E-state index contributed by atoms with van der Waals surface area (Å²) in [6.45, 7) is 4.61. The Hall–Kier alpha value is -0.510. The highest BCUT2D eigenvalue weighted by Gasteiger charge is 2.39. The van der Waals surface area contributed by atoms with Gasteiger partial charge in [-0.15, -0.1) is 0 Å². The lowest BCUT2D eigenvalue weighted by atomic mass is 9.62. The summed E-state index contributed by atoms with van der Waals surface area (Å²) in [5.41, 5.74) is 0.0374. The van der Waals surface area contributed by atoms with Gasteiger partial charge >= 0.3 is 0 Å². The van der Waals surface area contributed by atoms with Crippen LogP contribution in [0.1, 0.15) is 155 Å². The molecule has 3 aliphatic carbocycles. The molecule has 0 atom stereocenters. The van der Waals surface area contributed by atoms with E-state index < -0.39 is 0 Å². The average Bonchev–Trinajstić information content (AvgIpc) is 2.85. The number of hydrogen-bond acceptors (Lipinski definition) is 1. The smallest absolute Gasteiger partial charge is 0.0689 e. The van der Waals surface area contributed by atoms with E-state index in [9.17, 15) is 5.26 Å². The summed E-state index contributed by atoms with van der Waals surface area (Å²) in [4.78, 5) is 0. The molecule has 184 valence electrons. The second-order valence-corrected chi connectivity index (χ2v) is 12.3. The van der Waals surface area contributed by atoms with Crippen LogP contribution in [0.2, 0.25) is 0 Å². The minimum atomic E-state index is 0.0374. The Bertz CT molecular complexity index is 521. The van der Waals surface area contributed by atoms with Gasteiger partial charge in [0.05, 0.1) is 11.5 Å². The molecule has 3 aliphatic rings. The highest BCUT2D eigenvalue weighted by Crippen LogP contribution is 2.49. The Labute approximate surface area is 201 Å². The van der Waals surface area contributed by atoms with Crippen LogP contribution >= 0.6 is 0 Å². The van der Waals surface area contributed by atoms with Crippen LogP contribution in [0.15, 0.2) is 0 Å². The predicted octanol–water partition coefficient (Wildman–Crippen LogP) is 10.2. The molecule has 0 unspecified atom stereocenters.